The van der Waals surface area contributed by atoms with Gasteiger partial charge in [-0.15, -0.1) is 0 Å². The molecule has 10 heteroatoms. The Balaban J connectivity index is 1.19. The number of carbonyl (C=O) groups excluding carboxylic acids is 2. The smallest absolute Gasteiger partial charge is 0.281 e. The number of carbonyl (C=O) groups is 2. The van der Waals surface area contributed by atoms with Gasteiger partial charge in [-0.1, -0.05) is 41.7 Å². The molecule has 0 atom stereocenters. The van der Waals surface area contributed by atoms with Crippen LogP contribution in [0.5, 0.6) is 0 Å². The molecule has 0 saturated carbocycles. The summed E-state index contributed by atoms with van der Waals surface area (Å²) in [6, 6.07) is 10.4. The summed E-state index contributed by atoms with van der Waals surface area (Å²) in [4.78, 5) is 36.5. The van der Waals surface area contributed by atoms with Crippen LogP contribution in [0.1, 0.15) is 20.9 Å². The molecule has 0 radical (unpaired) electrons. The summed E-state index contributed by atoms with van der Waals surface area (Å²) in [6.07, 6.45) is 0. The van der Waals surface area contributed by atoms with E-state index in [-0.39, 0.29) is 18.4 Å². The third kappa shape index (κ3) is 6.04. The summed E-state index contributed by atoms with van der Waals surface area (Å²) in [5, 5.41) is 0.815. The molecule has 2 saturated heterocycles. The van der Waals surface area contributed by atoms with Gasteiger partial charge >= 0.3 is 0 Å². The summed E-state index contributed by atoms with van der Waals surface area (Å²) in [7, 11) is 0. The second-order valence-electron chi connectivity index (χ2n) is 8.05. The Bertz CT molecular complexity index is 908. The van der Waals surface area contributed by atoms with Gasteiger partial charge in [0.25, 0.3) is 11.8 Å². The van der Waals surface area contributed by atoms with Gasteiger partial charge in [-0.05, 0) is 12.5 Å². The Kier molecular flexibility index (Phi) is 7.69. The molecule has 3 heterocycles. The summed E-state index contributed by atoms with van der Waals surface area (Å²) in [5.41, 5.74) is 7.05. The molecule has 32 heavy (non-hydrogen) atoms. The first-order chi connectivity index (χ1) is 15.6. The molecule has 2 aliphatic rings. The van der Waals surface area contributed by atoms with Crippen molar-refractivity contribution in [3.63, 3.8) is 0 Å². The van der Waals surface area contributed by atoms with Crippen LogP contribution in [0, 0.1) is 6.92 Å². The van der Waals surface area contributed by atoms with Crippen molar-refractivity contribution < 1.29 is 14.3 Å². The Labute approximate surface area is 192 Å². The molecule has 2 aromatic rings. The number of aryl methyl sites for hydroxylation is 1. The van der Waals surface area contributed by atoms with Gasteiger partial charge in [0.2, 0.25) is 0 Å². The number of nitrogens with zero attached hydrogens (tertiary/aromatic N) is 4. The van der Waals surface area contributed by atoms with Gasteiger partial charge in [0.1, 0.15) is 4.88 Å². The SMILES string of the molecule is Cc1nc(N2CCOCC2)sc1C(=O)NNC(=O)CN1CCN(Cc2ccccc2)CC1. The van der Waals surface area contributed by atoms with E-state index >= 15 is 0 Å². The quantitative estimate of drug-likeness (QED) is 0.621. The van der Waals surface area contributed by atoms with Crippen molar-refractivity contribution in [2.24, 2.45) is 0 Å². The van der Waals surface area contributed by atoms with Crippen molar-refractivity contribution in [1.82, 2.24) is 25.6 Å². The number of nitrogens with one attached hydrogen (secondary N) is 2. The van der Waals surface area contributed by atoms with Crippen LogP contribution in [-0.4, -0.2) is 85.6 Å². The van der Waals surface area contributed by atoms with E-state index in [1.807, 2.05) is 13.0 Å². The molecule has 2 amide bonds. The molecule has 9 nitrogen and oxygen atoms in total. The summed E-state index contributed by atoms with van der Waals surface area (Å²) in [5.74, 6) is -0.550. The molecule has 172 valence electrons. The maximum Gasteiger partial charge on any atom is 0.281 e. The average molecular weight is 459 g/mol. The third-order valence-corrected chi connectivity index (χ3v) is 6.89. The summed E-state index contributed by atoms with van der Waals surface area (Å²) < 4.78 is 5.37. The van der Waals surface area contributed by atoms with Gasteiger partial charge in [-0.25, -0.2) is 4.98 Å². The monoisotopic (exact) mass is 458 g/mol. The lowest BCUT2D eigenvalue weighted by molar-refractivity contribution is -0.123. The lowest BCUT2D eigenvalue weighted by Gasteiger charge is -2.34. The number of morpholine rings is 1. The van der Waals surface area contributed by atoms with Crippen LogP contribution in [0.4, 0.5) is 5.13 Å². The minimum Gasteiger partial charge on any atom is -0.378 e. The van der Waals surface area contributed by atoms with Gasteiger partial charge < -0.3 is 9.64 Å². The summed E-state index contributed by atoms with van der Waals surface area (Å²) in [6.45, 7) is 9.35. The number of hydrogen-bond donors (Lipinski definition) is 2. The van der Waals surface area contributed by atoms with Crippen LogP contribution >= 0.6 is 11.3 Å². The highest BCUT2D eigenvalue weighted by Crippen LogP contribution is 2.26. The number of rotatable bonds is 6. The molecule has 2 N–H and O–H groups in total. The molecule has 0 aliphatic carbocycles. The number of hydrazine groups is 1. The molecule has 0 spiro atoms. The number of amides is 2. The molecule has 0 bridgehead atoms. The molecule has 1 aromatic carbocycles. The van der Waals surface area contributed by atoms with E-state index in [9.17, 15) is 9.59 Å². The van der Waals surface area contributed by atoms with Crippen LogP contribution in [-0.2, 0) is 16.1 Å². The molecular weight excluding hydrogens is 428 g/mol. The highest BCUT2D eigenvalue weighted by atomic mass is 32.1. The fraction of sp³-hybridized carbons (Fsp3) is 0.500. The maximum atomic E-state index is 12.6. The first kappa shape index (κ1) is 22.7. The van der Waals surface area contributed by atoms with E-state index in [0.717, 1.165) is 50.9 Å². The van der Waals surface area contributed by atoms with Gasteiger partial charge in [0, 0.05) is 45.8 Å². The molecular formula is C22H30N6O3S. The zero-order chi connectivity index (χ0) is 22.3. The highest BCUT2D eigenvalue weighted by molar-refractivity contribution is 7.17. The number of hydrogen-bond acceptors (Lipinski definition) is 8. The van der Waals surface area contributed by atoms with Crippen LogP contribution in [0.3, 0.4) is 0 Å². The van der Waals surface area contributed by atoms with Crippen molar-refractivity contribution >= 4 is 28.3 Å². The van der Waals surface area contributed by atoms with E-state index < -0.39 is 0 Å². The third-order valence-electron chi connectivity index (χ3n) is 5.67. The summed E-state index contributed by atoms with van der Waals surface area (Å²) >= 11 is 1.34. The van der Waals surface area contributed by atoms with E-state index in [4.69, 9.17) is 4.74 Å². The Morgan fingerprint density at radius 1 is 1.00 bits per heavy atom. The molecule has 2 aliphatic heterocycles. The fourth-order valence-corrected chi connectivity index (χ4v) is 4.87. The lowest BCUT2D eigenvalue weighted by atomic mass is 10.2. The first-order valence-electron chi connectivity index (χ1n) is 11.0. The van der Waals surface area contributed by atoms with Gasteiger partial charge in [0.05, 0.1) is 25.5 Å². The van der Waals surface area contributed by atoms with E-state index in [0.29, 0.717) is 23.8 Å². The van der Waals surface area contributed by atoms with E-state index in [1.165, 1.54) is 16.9 Å². The topological polar surface area (TPSA) is 90.0 Å². The normalized spacial score (nSPS) is 17.8. The van der Waals surface area contributed by atoms with Gasteiger partial charge in [0.15, 0.2) is 5.13 Å². The fourth-order valence-electron chi connectivity index (χ4n) is 3.86. The predicted octanol–water partition coefficient (Wildman–Crippen LogP) is 0.867. The van der Waals surface area contributed by atoms with Crippen molar-refractivity contribution in [2.45, 2.75) is 13.5 Å². The van der Waals surface area contributed by atoms with Crippen LogP contribution in [0.25, 0.3) is 0 Å². The Morgan fingerprint density at radius 3 is 2.41 bits per heavy atom. The molecule has 1 aromatic heterocycles. The highest BCUT2D eigenvalue weighted by Gasteiger charge is 2.22. The molecule has 2 fully saturated rings. The molecule has 4 rings (SSSR count). The van der Waals surface area contributed by atoms with Crippen LogP contribution in [0.15, 0.2) is 30.3 Å². The molecule has 0 unspecified atom stereocenters. The second kappa shape index (κ2) is 10.9. The largest absolute Gasteiger partial charge is 0.378 e. The zero-order valence-corrected chi connectivity index (χ0v) is 19.2. The number of ether oxygens (including phenoxy) is 1. The Morgan fingerprint density at radius 2 is 1.69 bits per heavy atom. The van der Waals surface area contributed by atoms with E-state index in [1.54, 1.807) is 0 Å². The maximum absolute atomic E-state index is 12.6. The van der Waals surface area contributed by atoms with Crippen molar-refractivity contribution in [3.8, 4) is 0 Å². The second-order valence-corrected chi connectivity index (χ2v) is 9.03. The van der Waals surface area contributed by atoms with Crippen LogP contribution in [0.2, 0.25) is 0 Å². The standard InChI is InChI=1S/C22H30N6O3S/c1-17-20(32-22(23-17)28-11-13-31-14-12-28)21(30)25-24-19(29)16-27-9-7-26(8-10-27)15-18-5-3-2-4-6-18/h2-6H,7-16H2,1H3,(H,24,29)(H,25,30). The minimum atomic E-state index is -0.333. The average Bonchev–Trinajstić information content (AvgIpc) is 3.22. The number of benzene rings is 1. The van der Waals surface area contributed by atoms with Crippen molar-refractivity contribution in [1.29, 1.82) is 0 Å². The van der Waals surface area contributed by atoms with Gasteiger partial charge in [-0.2, -0.15) is 0 Å². The predicted molar refractivity (Wildman–Crippen MR) is 124 cm³/mol. The van der Waals surface area contributed by atoms with Crippen molar-refractivity contribution in [3.05, 3.63) is 46.5 Å². The minimum absolute atomic E-state index is 0.217. The first-order valence-corrected chi connectivity index (χ1v) is 11.8. The number of anilines is 1. The van der Waals surface area contributed by atoms with Gasteiger partial charge in [-0.3, -0.25) is 30.2 Å². The van der Waals surface area contributed by atoms with Crippen LogP contribution < -0.4 is 15.8 Å². The van der Waals surface area contributed by atoms with E-state index in [2.05, 4.69) is 54.8 Å². The lowest BCUT2D eigenvalue weighted by Crippen LogP contribution is -2.51. The van der Waals surface area contributed by atoms with Crippen molar-refractivity contribution in [2.75, 3.05) is 63.9 Å². The zero-order valence-electron chi connectivity index (χ0n) is 18.4. The Hall–Kier alpha value is -2.53. The number of thiazole rings is 1. The number of piperazine rings is 1. The number of aromatic nitrogens is 1.